The Balaban J connectivity index is 0.000000189. The molecule has 0 saturated carbocycles. The maximum absolute atomic E-state index is 8.76. The molecule has 0 unspecified atom stereocenters. The van der Waals surface area contributed by atoms with Crippen LogP contribution >= 0.6 is 47.8 Å². The zero-order valence-corrected chi connectivity index (χ0v) is 24.2. The first-order valence-electron chi connectivity index (χ1n) is 10.5. The molecule has 0 atom stereocenters. The third kappa shape index (κ3) is 8.75. The number of pyridine rings is 2. The number of nitrogens with zero attached hydrogens (tertiary/aromatic N) is 2. The van der Waals surface area contributed by atoms with Crippen molar-refractivity contribution >= 4 is 60.4 Å². The minimum atomic E-state index is -1.35. The van der Waals surface area contributed by atoms with Gasteiger partial charge in [0.25, 0.3) is 0 Å². The second-order valence-corrected chi connectivity index (χ2v) is 10.0. The highest BCUT2D eigenvalue weighted by atomic mass is 79.9. The highest BCUT2D eigenvalue weighted by Gasteiger charge is 2.11. The highest BCUT2D eigenvalue weighted by Crippen LogP contribution is 2.24. The average molecular weight is 649 g/mol. The fourth-order valence-corrected chi connectivity index (χ4v) is 3.78. The molecule has 0 radical (unpaired) electrons. The van der Waals surface area contributed by atoms with Gasteiger partial charge in [-0.1, -0.05) is 54.1 Å². The van der Waals surface area contributed by atoms with E-state index in [2.05, 4.69) is 76.8 Å². The second kappa shape index (κ2) is 13.9. The standard InChI is InChI=1S/C13H12BrN.C7H9BO2.C6H5Br2N/c1-9-5-3-4-6-11(9)13-8-7-12(14)10(2)15-13;1-6-4-2-3-5-7(6)8(9)10;1-4-5(7)2-3-6(8)9-4/h3-8H,1-2H3;2-5,9-10H,1H3;2-3H,1H3. The van der Waals surface area contributed by atoms with E-state index in [-0.39, 0.29) is 0 Å². The van der Waals surface area contributed by atoms with Gasteiger partial charge in [-0.25, -0.2) is 4.98 Å². The first-order valence-corrected chi connectivity index (χ1v) is 12.9. The zero-order valence-electron chi connectivity index (χ0n) is 19.4. The lowest BCUT2D eigenvalue weighted by atomic mass is 9.77. The van der Waals surface area contributed by atoms with Crippen LogP contribution in [0.2, 0.25) is 0 Å². The Morgan fingerprint density at radius 2 is 1.15 bits per heavy atom. The van der Waals surface area contributed by atoms with Crippen molar-refractivity contribution in [1.29, 1.82) is 0 Å². The molecule has 0 amide bonds. The molecule has 4 nitrogen and oxygen atoms in total. The summed E-state index contributed by atoms with van der Waals surface area (Å²) in [6.45, 7) is 7.91. The van der Waals surface area contributed by atoms with Crippen molar-refractivity contribution in [3.8, 4) is 11.3 Å². The number of aryl methyl sites for hydroxylation is 4. The fraction of sp³-hybridized carbons (Fsp3) is 0.154. The van der Waals surface area contributed by atoms with Crippen LogP contribution in [0.15, 0.2) is 86.3 Å². The van der Waals surface area contributed by atoms with Crippen LogP contribution in [0.25, 0.3) is 11.3 Å². The Morgan fingerprint density at radius 1 is 0.618 bits per heavy atom. The molecular weight excluding hydrogens is 623 g/mol. The van der Waals surface area contributed by atoms with Crippen LogP contribution in [0.1, 0.15) is 22.5 Å². The molecule has 0 fully saturated rings. The number of halogens is 3. The highest BCUT2D eigenvalue weighted by molar-refractivity contribution is 9.11. The van der Waals surface area contributed by atoms with Gasteiger partial charge in [-0.05, 0) is 111 Å². The lowest BCUT2D eigenvalue weighted by Gasteiger charge is -2.06. The molecule has 0 aliphatic rings. The monoisotopic (exact) mass is 646 g/mol. The SMILES string of the molecule is Cc1ccccc1-c1ccc(Br)c(C)n1.Cc1ccccc1B(O)O.Cc1nc(Br)ccc1Br. The van der Waals surface area contributed by atoms with Crippen molar-refractivity contribution in [2.45, 2.75) is 27.7 Å². The van der Waals surface area contributed by atoms with Crippen LogP contribution in [0, 0.1) is 27.7 Å². The maximum Gasteiger partial charge on any atom is 0.488 e. The molecule has 0 saturated heterocycles. The third-order valence-electron chi connectivity index (χ3n) is 4.90. The van der Waals surface area contributed by atoms with Gasteiger partial charge in [-0.15, -0.1) is 0 Å². The van der Waals surface area contributed by atoms with Crippen molar-refractivity contribution in [1.82, 2.24) is 9.97 Å². The fourth-order valence-electron chi connectivity index (χ4n) is 2.94. The van der Waals surface area contributed by atoms with Gasteiger partial charge in [0.2, 0.25) is 0 Å². The molecular formula is C26H26BBr3N2O2. The second-order valence-electron chi connectivity index (χ2n) is 7.51. The molecule has 0 spiro atoms. The average Bonchev–Trinajstić information content (AvgIpc) is 2.80. The largest absolute Gasteiger partial charge is 0.488 e. The minimum Gasteiger partial charge on any atom is -0.423 e. The van der Waals surface area contributed by atoms with E-state index in [1.165, 1.54) is 11.1 Å². The number of benzene rings is 2. The Morgan fingerprint density at radius 3 is 1.62 bits per heavy atom. The van der Waals surface area contributed by atoms with Gasteiger partial charge in [-0.3, -0.25) is 4.98 Å². The first-order chi connectivity index (χ1) is 16.1. The molecule has 2 N–H and O–H groups in total. The minimum absolute atomic E-state index is 0.572. The summed E-state index contributed by atoms with van der Waals surface area (Å²) in [7, 11) is -1.35. The van der Waals surface area contributed by atoms with Crippen LogP contribution in [-0.2, 0) is 0 Å². The van der Waals surface area contributed by atoms with Gasteiger partial charge < -0.3 is 10.0 Å². The van der Waals surface area contributed by atoms with Crippen LogP contribution in [0.4, 0.5) is 0 Å². The number of rotatable bonds is 2. The predicted octanol–water partition coefficient (Wildman–Crippen LogP) is 6.72. The van der Waals surface area contributed by atoms with E-state index in [4.69, 9.17) is 10.0 Å². The maximum atomic E-state index is 8.76. The summed E-state index contributed by atoms with van der Waals surface area (Å²) in [6, 6.07) is 23.4. The summed E-state index contributed by atoms with van der Waals surface area (Å²) >= 11 is 10.1. The quantitative estimate of drug-likeness (QED) is 0.187. The zero-order chi connectivity index (χ0) is 25.3. The Labute approximate surface area is 227 Å². The Bertz CT molecular complexity index is 1240. The summed E-state index contributed by atoms with van der Waals surface area (Å²) in [4.78, 5) is 8.70. The molecule has 0 aliphatic heterocycles. The van der Waals surface area contributed by atoms with Crippen molar-refractivity contribution < 1.29 is 10.0 Å². The summed E-state index contributed by atoms with van der Waals surface area (Å²) in [6.07, 6.45) is 0. The lowest BCUT2D eigenvalue weighted by Crippen LogP contribution is -2.31. The van der Waals surface area contributed by atoms with Gasteiger partial charge in [0.1, 0.15) is 4.60 Å². The number of aromatic nitrogens is 2. The van der Waals surface area contributed by atoms with Crippen LogP contribution in [0.5, 0.6) is 0 Å². The molecule has 2 aromatic heterocycles. The van der Waals surface area contributed by atoms with E-state index in [9.17, 15) is 0 Å². The molecule has 8 heteroatoms. The van der Waals surface area contributed by atoms with Crippen molar-refractivity contribution in [2.75, 3.05) is 0 Å². The van der Waals surface area contributed by atoms with Crippen LogP contribution in [-0.4, -0.2) is 27.1 Å². The molecule has 0 bridgehead atoms. The van der Waals surface area contributed by atoms with Crippen LogP contribution < -0.4 is 5.46 Å². The van der Waals surface area contributed by atoms with Gasteiger partial charge in [-0.2, -0.15) is 0 Å². The Hall–Kier alpha value is -1.84. The van der Waals surface area contributed by atoms with Crippen LogP contribution in [0.3, 0.4) is 0 Å². The molecule has 0 aliphatic carbocycles. The lowest BCUT2D eigenvalue weighted by molar-refractivity contribution is 0.425. The van der Waals surface area contributed by atoms with E-state index >= 15 is 0 Å². The summed E-state index contributed by atoms with van der Waals surface area (Å²) in [5, 5.41) is 17.5. The molecule has 4 aromatic rings. The molecule has 2 aromatic carbocycles. The first kappa shape index (κ1) is 28.4. The van der Waals surface area contributed by atoms with E-state index in [0.717, 1.165) is 36.2 Å². The van der Waals surface area contributed by atoms with E-state index in [0.29, 0.717) is 5.46 Å². The van der Waals surface area contributed by atoms with Crippen molar-refractivity contribution in [3.63, 3.8) is 0 Å². The molecule has 4 rings (SSSR count). The van der Waals surface area contributed by atoms with Gasteiger partial charge in [0, 0.05) is 14.5 Å². The van der Waals surface area contributed by atoms with Gasteiger partial charge >= 0.3 is 7.12 Å². The smallest absolute Gasteiger partial charge is 0.423 e. The summed E-state index contributed by atoms with van der Waals surface area (Å²) < 4.78 is 2.98. The number of hydrogen-bond donors (Lipinski definition) is 2. The normalized spacial score (nSPS) is 9.91. The third-order valence-corrected chi connectivity index (χ3v) is 7.01. The van der Waals surface area contributed by atoms with E-state index in [1.54, 1.807) is 12.1 Å². The van der Waals surface area contributed by atoms with Crippen molar-refractivity contribution in [2.24, 2.45) is 0 Å². The summed E-state index contributed by atoms with van der Waals surface area (Å²) in [5.74, 6) is 0. The number of hydrogen-bond acceptors (Lipinski definition) is 4. The van der Waals surface area contributed by atoms with Crippen molar-refractivity contribution in [3.05, 3.63) is 109 Å². The predicted molar refractivity (Wildman–Crippen MR) is 152 cm³/mol. The van der Waals surface area contributed by atoms with E-state index in [1.807, 2.05) is 69.3 Å². The topological polar surface area (TPSA) is 66.2 Å². The van der Waals surface area contributed by atoms with Gasteiger partial charge in [0.05, 0.1) is 17.1 Å². The van der Waals surface area contributed by atoms with E-state index < -0.39 is 7.12 Å². The Kier molecular flexibility index (Phi) is 11.6. The molecule has 2 heterocycles. The molecule has 176 valence electrons. The summed E-state index contributed by atoms with van der Waals surface area (Å²) in [5.41, 5.74) is 6.99. The van der Waals surface area contributed by atoms with Gasteiger partial charge in [0.15, 0.2) is 0 Å². The molecule has 34 heavy (non-hydrogen) atoms.